The highest BCUT2D eigenvalue weighted by Crippen LogP contribution is 2.26. The first-order valence-corrected chi connectivity index (χ1v) is 6.89. The Morgan fingerprint density at radius 3 is 2.24 bits per heavy atom. The Bertz CT molecular complexity index is 496. The highest BCUT2D eigenvalue weighted by molar-refractivity contribution is 5.97. The summed E-state index contributed by atoms with van der Waals surface area (Å²) in [6, 6.07) is 6.40. The maximum absolute atomic E-state index is 12.1. The van der Waals surface area contributed by atoms with Gasteiger partial charge in [0.1, 0.15) is 0 Å². The molecule has 0 aliphatic carbocycles. The minimum absolute atomic E-state index is 0. The summed E-state index contributed by atoms with van der Waals surface area (Å²) in [5, 5.41) is 6.29. The van der Waals surface area contributed by atoms with Gasteiger partial charge in [-0.1, -0.05) is 6.92 Å². The van der Waals surface area contributed by atoms with Crippen LogP contribution in [0.15, 0.2) is 24.3 Å². The van der Waals surface area contributed by atoms with Crippen molar-refractivity contribution in [3.8, 4) is 0 Å². The van der Waals surface area contributed by atoms with Crippen LogP contribution >= 0.6 is 12.4 Å². The van der Waals surface area contributed by atoms with Gasteiger partial charge in [-0.2, -0.15) is 0 Å². The number of rotatable bonds is 4. The summed E-state index contributed by atoms with van der Waals surface area (Å²) in [4.78, 5) is 23.0. The maximum atomic E-state index is 12.1. The molecule has 5 nitrogen and oxygen atoms in total. The van der Waals surface area contributed by atoms with Crippen molar-refractivity contribution >= 4 is 24.2 Å². The Morgan fingerprint density at radius 2 is 1.71 bits per heavy atom. The highest BCUT2D eigenvalue weighted by atomic mass is 35.5. The molecule has 2 amide bonds. The Hall–Kier alpha value is -1.59. The molecule has 1 aliphatic heterocycles. The largest absolute Gasteiger partial charge is 0.366 e. The lowest BCUT2D eigenvalue weighted by Gasteiger charge is -2.34. The van der Waals surface area contributed by atoms with Gasteiger partial charge < -0.3 is 16.4 Å². The van der Waals surface area contributed by atoms with Crippen LogP contribution in [0.5, 0.6) is 0 Å². The Labute approximate surface area is 131 Å². The zero-order valence-corrected chi connectivity index (χ0v) is 13.0. The van der Waals surface area contributed by atoms with Crippen LogP contribution in [-0.2, 0) is 0 Å². The lowest BCUT2D eigenvalue weighted by Crippen LogP contribution is -2.42. The number of benzene rings is 1. The number of hydrogen-bond acceptors (Lipinski definition) is 3. The maximum Gasteiger partial charge on any atom is 0.251 e. The predicted molar refractivity (Wildman–Crippen MR) is 84.8 cm³/mol. The zero-order chi connectivity index (χ0) is 14.6. The third-order valence-corrected chi connectivity index (χ3v) is 3.92. The second kappa shape index (κ2) is 7.43. The van der Waals surface area contributed by atoms with E-state index in [2.05, 4.69) is 17.6 Å². The first-order valence-electron chi connectivity index (χ1n) is 6.89. The summed E-state index contributed by atoms with van der Waals surface area (Å²) in [6.07, 6.45) is 2.13. The lowest BCUT2D eigenvalue weighted by atomic mass is 9.81. The Balaban J connectivity index is 0.00000220. The van der Waals surface area contributed by atoms with E-state index in [9.17, 15) is 9.59 Å². The first kappa shape index (κ1) is 17.5. The molecule has 6 heteroatoms. The molecule has 116 valence electrons. The molecule has 4 N–H and O–H groups in total. The summed E-state index contributed by atoms with van der Waals surface area (Å²) in [6.45, 7) is 4.87. The second-order valence-electron chi connectivity index (χ2n) is 5.68. The third kappa shape index (κ3) is 4.72. The zero-order valence-electron chi connectivity index (χ0n) is 12.1. The van der Waals surface area contributed by atoms with Crippen LogP contribution in [0.4, 0.5) is 0 Å². The second-order valence-corrected chi connectivity index (χ2v) is 5.68. The quantitative estimate of drug-likeness (QED) is 0.784. The lowest BCUT2D eigenvalue weighted by molar-refractivity contribution is 0.0920. The molecular formula is C15H22ClN3O2. The molecule has 1 fully saturated rings. The van der Waals surface area contributed by atoms with Crippen LogP contribution in [0, 0.1) is 5.41 Å². The van der Waals surface area contributed by atoms with Gasteiger partial charge in [-0.05, 0) is 55.6 Å². The molecule has 1 saturated heterocycles. The highest BCUT2D eigenvalue weighted by Gasteiger charge is 2.27. The van der Waals surface area contributed by atoms with E-state index in [1.807, 2.05) is 0 Å². The van der Waals surface area contributed by atoms with Crippen LogP contribution < -0.4 is 16.4 Å². The standard InChI is InChI=1S/C15H21N3O2.ClH/c1-15(6-8-17-9-7-15)10-18-14(20)12-4-2-11(3-5-12)13(16)19;/h2-5,17H,6-10H2,1H3,(H2,16,19)(H,18,20);1H. The Morgan fingerprint density at radius 1 is 1.19 bits per heavy atom. The monoisotopic (exact) mass is 311 g/mol. The van der Waals surface area contributed by atoms with Gasteiger partial charge in [0.05, 0.1) is 0 Å². The number of amides is 2. The van der Waals surface area contributed by atoms with Crippen molar-refractivity contribution in [3.05, 3.63) is 35.4 Å². The van der Waals surface area contributed by atoms with Crippen molar-refractivity contribution in [2.75, 3.05) is 19.6 Å². The van der Waals surface area contributed by atoms with Crippen molar-refractivity contribution in [2.24, 2.45) is 11.1 Å². The number of carbonyl (C=O) groups is 2. The van der Waals surface area contributed by atoms with E-state index in [-0.39, 0.29) is 23.7 Å². The number of hydrogen-bond donors (Lipinski definition) is 3. The molecule has 0 spiro atoms. The van der Waals surface area contributed by atoms with E-state index in [1.165, 1.54) is 0 Å². The molecule has 1 heterocycles. The van der Waals surface area contributed by atoms with Gasteiger partial charge in [0.25, 0.3) is 5.91 Å². The van der Waals surface area contributed by atoms with E-state index in [1.54, 1.807) is 24.3 Å². The molecule has 21 heavy (non-hydrogen) atoms. The van der Waals surface area contributed by atoms with Crippen LogP contribution in [-0.4, -0.2) is 31.4 Å². The van der Waals surface area contributed by atoms with Gasteiger partial charge >= 0.3 is 0 Å². The fraction of sp³-hybridized carbons (Fsp3) is 0.467. The van der Waals surface area contributed by atoms with Crippen LogP contribution in [0.25, 0.3) is 0 Å². The fourth-order valence-electron chi connectivity index (χ4n) is 2.39. The van der Waals surface area contributed by atoms with Gasteiger partial charge in [-0.3, -0.25) is 9.59 Å². The minimum Gasteiger partial charge on any atom is -0.366 e. The van der Waals surface area contributed by atoms with E-state index < -0.39 is 5.91 Å². The van der Waals surface area contributed by atoms with Crippen molar-refractivity contribution in [3.63, 3.8) is 0 Å². The fourth-order valence-corrected chi connectivity index (χ4v) is 2.39. The number of nitrogens with two attached hydrogens (primary N) is 1. The molecule has 0 bridgehead atoms. The molecule has 2 rings (SSSR count). The minimum atomic E-state index is -0.487. The van der Waals surface area contributed by atoms with Crippen LogP contribution in [0.1, 0.15) is 40.5 Å². The number of piperidine rings is 1. The van der Waals surface area contributed by atoms with Gasteiger partial charge in [-0.25, -0.2) is 0 Å². The van der Waals surface area contributed by atoms with E-state index in [0.29, 0.717) is 17.7 Å². The van der Waals surface area contributed by atoms with E-state index >= 15 is 0 Å². The normalized spacial score (nSPS) is 16.6. The Kier molecular flexibility index (Phi) is 6.18. The van der Waals surface area contributed by atoms with Crippen molar-refractivity contribution in [1.82, 2.24) is 10.6 Å². The van der Waals surface area contributed by atoms with Gasteiger partial charge in [0, 0.05) is 17.7 Å². The topological polar surface area (TPSA) is 84.2 Å². The molecule has 1 aliphatic rings. The third-order valence-electron chi connectivity index (χ3n) is 3.92. The van der Waals surface area contributed by atoms with Crippen molar-refractivity contribution < 1.29 is 9.59 Å². The smallest absolute Gasteiger partial charge is 0.251 e. The molecule has 0 aromatic heterocycles. The predicted octanol–water partition coefficient (Wildman–Crippen LogP) is 1.33. The summed E-state index contributed by atoms with van der Waals surface area (Å²) < 4.78 is 0. The molecular weight excluding hydrogens is 290 g/mol. The summed E-state index contributed by atoms with van der Waals surface area (Å²) in [5.41, 5.74) is 6.29. The van der Waals surface area contributed by atoms with E-state index in [4.69, 9.17) is 5.73 Å². The molecule has 0 radical (unpaired) electrons. The average molecular weight is 312 g/mol. The molecule has 0 saturated carbocycles. The van der Waals surface area contributed by atoms with Crippen molar-refractivity contribution in [1.29, 1.82) is 0 Å². The van der Waals surface area contributed by atoms with Gasteiger partial charge in [0.15, 0.2) is 0 Å². The van der Waals surface area contributed by atoms with Crippen LogP contribution in [0.2, 0.25) is 0 Å². The SMILES string of the molecule is CC1(CNC(=O)c2ccc(C(N)=O)cc2)CCNCC1.Cl. The summed E-state index contributed by atoms with van der Waals surface area (Å²) in [7, 11) is 0. The molecule has 1 aromatic carbocycles. The number of halogens is 1. The molecule has 0 atom stereocenters. The number of primary amides is 1. The van der Waals surface area contributed by atoms with Gasteiger partial charge in [-0.15, -0.1) is 12.4 Å². The molecule has 1 aromatic rings. The van der Waals surface area contributed by atoms with Crippen LogP contribution in [0.3, 0.4) is 0 Å². The first-order chi connectivity index (χ1) is 9.50. The summed E-state index contributed by atoms with van der Waals surface area (Å²) >= 11 is 0. The molecule has 0 unspecified atom stereocenters. The number of nitrogens with one attached hydrogen (secondary N) is 2. The average Bonchev–Trinajstić information content (AvgIpc) is 2.46. The van der Waals surface area contributed by atoms with Crippen molar-refractivity contribution in [2.45, 2.75) is 19.8 Å². The number of carbonyl (C=O) groups excluding carboxylic acids is 2. The summed E-state index contributed by atoms with van der Waals surface area (Å²) in [5.74, 6) is -0.597. The van der Waals surface area contributed by atoms with Gasteiger partial charge in [0.2, 0.25) is 5.91 Å². The van der Waals surface area contributed by atoms with E-state index in [0.717, 1.165) is 25.9 Å².